The van der Waals surface area contributed by atoms with Crippen molar-refractivity contribution in [3.63, 3.8) is 0 Å². The second kappa shape index (κ2) is 11.3. The average Bonchev–Trinajstić information content (AvgIpc) is 3.12. The Bertz CT molecular complexity index is 644. The molecule has 0 bridgehead atoms. The van der Waals surface area contributed by atoms with Crippen LogP contribution in [0.25, 0.3) is 0 Å². The fraction of sp³-hybridized carbons (Fsp3) is 0.474. The summed E-state index contributed by atoms with van der Waals surface area (Å²) in [4.78, 5) is 15.9. The number of hydrogen-bond acceptors (Lipinski definition) is 4. The number of urea groups is 1. The van der Waals surface area contributed by atoms with Gasteiger partial charge in [0.15, 0.2) is 0 Å². The maximum Gasteiger partial charge on any atom is 0.319 e. The summed E-state index contributed by atoms with van der Waals surface area (Å²) in [5, 5.41) is 5.69. The Morgan fingerprint density at radius 3 is 2.96 bits per heavy atom. The van der Waals surface area contributed by atoms with Crippen LogP contribution in [0.15, 0.2) is 43.0 Å². The predicted octanol–water partition coefficient (Wildman–Crippen LogP) is 3.04. The molecule has 2 aromatic rings. The van der Waals surface area contributed by atoms with Crippen LogP contribution in [0.3, 0.4) is 0 Å². The number of rotatable bonds is 11. The molecule has 1 aromatic heterocycles. The van der Waals surface area contributed by atoms with E-state index in [0.717, 1.165) is 24.2 Å². The Balaban J connectivity index is 1.64. The van der Waals surface area contributed by atoms with E-state index in [1.807, 2.05) is 48.9 Å². The number of anilines is 1. The Labute approximate surface area is 154 Å². The Kier molecular flexibility index (Phi) is 8.65. The van der Waals surface area contributed by atoms with Crippen LogP contribution in [0.2, 0.25) is 0 Å². The summed E-state index contributed by atoms with van der Waals surface area (Å²) >= 11 is 0. The van der Waals surface area contributed by atoms with Crippen molar-refractivity contribution < 1.29 is 14.3 Å². The third-order valence-corrected chi connectivity index (χ3v) is 3.57. The summed E-state index contributed by atoms with van der Waals surface area (Å²) in [5.74, 6) is 0. The zero-order valence-corrected chi connectivity index (χ0v) is 15.5. The zero-order valence-electron chi connectivity index (χ0n) is 15.5. The molecule has 2 amide bonds. The van der Waals surface area contributed by atoms with Crippen molar-refractivity contribution in [1.82, 2.24) is 14.9 Å². The first-order chi connectivity index (χ1) is 12.6. The fourth-order valence-corrected chi connectivity index (χ4v) is 2.33. The van der Waals surface area contributed by atoms with Gasteiger partial charge in [0.05, 0.1) is 32.3 Å². The molecular weight excluding hydrogens is 332 g/mol. The normalized spacial score (nSPS) is 10.9. The monoisotopic (exact) mass is 360 g/mol. The molecule has 7 nitrogen and oxygen atoms in total. The quantitative estimate of drug-likeness (QED) is 0.604. The molecule has 0 saturated heterocycles. The molecule has 0 aliphatic heterocycles. The second-order valence-corrected chi connectivity index (χ2v) is 6.21. The molecule has 142 valence electrons. The number of benzene rings is 1. The second-order valence-electron chi connectivity index (χ2n) is 6.21. The van der Waals surface area contributed by atoms with Gasteiger partial charge in [0.2, 0.25) is 0 Å². The Morgan fingerprint density at radius 1 is 1.31 bits per heavy atom. The lowest BCUT2D eigenvalue weighted by Crippen LogP contribution is -2.30. The van der Waals surface area contributed by atoms with Gasteiger partial charge in [-0.25, -0.2) is 9.78 Å². The first-order valence-corrected chi connectivity index (χ1v) is 8.92. The van der Waals surface area contributed by atoms with Gasteiger partial charge >= 0.3 is 6.03 Å². The molecule has 2 N–H and O–H groups in total. The van der Waals surface area contributed by atoms with E-state index in [0.29, 0.717) is 26.4 Å². The van der Waals surface area contributed by atoms with Crippen LogP contribution in [0.5, 0.6) is 0 Å². The minimum Gasteiger partial charge on any atom is -0.376 e. The van der Waals surface area contributed by atoms with E-state index < -0.39 is 0 Å². The topological polar surface area (TPSA) is 77.4 Å². The molecule has 2 rings (SSSR count). The standard InChI is InChI=1S/C19H28N4O3/c1-16(2)26-12-11-25-14-17-5-3-6-18(13-17)22-19(24)21-7-4-9-23-10-8-20-15-23/h3,5-6,8,10,13,15-16H,4,7,9,11-12,14H2,1-2H3,(H2,21,22,24). The molecular formula is C19H28N4O3. The number of aryl methyl sites for hydroxylation is 1. The van der Waals surface area contributed by atoms with Gasteiger partial charge in [-0.1, -0.05) is 12.1 Å². The van der Waals surface area contributed by atoms with Gasteiger partial charge in [-0.05, 0) is 38.0 Å². The summed E-state index contributed by atoms with van der Waals surface area (Å²) in [6.07, 6.45) is 6.47. The molecule has 0 fully saturated rings. The largest absolute Gasteiger partial charge is 0.376 e. The third-order valence-electron chi connectivity index (χ3n) is 3.57. The zero-order chi connectivity index (χ0) is 18.6. The van der Waals surface area contributed by atoms with Crippen molar-refractivity contribution in [3.05, 3.63) is 48.5 Å². The number of carbonyl (C=O) groups is 1. The summed E-state index contributed by atoms with van der Waals surface area (Å²) < 4.78 is 13.0. The minimum atomic E-state index is -0.209. The lowest BCUT2D eigenvalue weighted by molar-refractivity contribution is 0.0143. The van der Waals surface area contributed by atoms with Crippen molar-refractivity contribution in [2.45, 2.75) is 39.5 Å². The molecule has 26 heavy (non-hydrogen) atoms. The number of ether oxygens (including phenoxy) is 2. The summed E-state index contributed by atoms with van der Waals surface area (Å²) in [7, 11) is 0. The Morgan fingerprint density at radius 2 is 2.19 bits per heavy atom. The van der Waals surface area contributed by atoms with Gasteiger partial charge in [0, 0.05) is 31.2 Å². The van der Waals surface area contributed by atoms with E-state index in [1.165, 1.54) is 0 Å². The van der Waals surface area contributed by atoms with E-state index in [-0.39, 0.29) is 12.1 Å². The lowest BCUT2D eigenvalue weighted by Gasteiger charge is -2.10. The van der Waals surface area contributed by atoms with Gasteiger partial charge in [-0.2, -0.15) is 0 Å². The number of nitrogens with one attached hydrogen (secondary N) is 2. The molecule has 0 atom stereocenters. The summed E-state index contributed by atoms with van der Waals surface area (Å²) in [6.45, 7) is 7.04. The molecule has 0 spiro atoms. The summed E-state index contributed by atoms with van der Waals surface area (Å²) in [5.41, 5.74) is 1.75. The molecule has 1 heterocycles. The third kappa shape index (κ3) is 8.13. The smallest absolute Gasteiger partial charge is 0.319 e. The number of imidazole rings is 1. The number of hydrogen-bond donors (Lipinski definition) is 2. The summed E-state index contributed by atoms with van der Waals surface area (Å²) in [6, 6.07) is 7.43. The van der Waals surface area contributed by atoms with Gasteiger partial charge in [-0.3, -0.25) is 0 Å². The molecule has 1 aromatic carbocycles. The molecule has 0 unspecified atom stereocenters. The van der Waals surface area contributed by atoms with E-state index in [9.17, 15) is 4.79 Å². The van der Waals surface area contributed by atoms with Crippen LogP contribution in [0.1, 0.15) is 25.8 Å². The lowest BCUT2D eigenvalue weighted by atomic mass is 10.2. The predicted molar refractivity (Wildman–Crippen MR) is 101 cm³/mol. The highest BCUT2D eigenvalue weighted by Crippen LogP contribution is 2.11. The van der Waals surface area contributed by atoms with E-state index in [1.54, 1.807) is 12.5 Å². The van der Waals surface area contributed by atoms with Gasteiger partial charge in [0.25, 0.3) is 0 Å². The van der Waals surface area contributed by atoms with E-state index in [2.05, 4.69) is 15.6 Å². The van der Waals surface area contributed by atoms with Crippen LogP contribution in [0.4, 0.5) is 10.5 Å². The van der Waals surface area contributed by atoms with Crippen LogP contribution >= 0.6 is 0 Å². The molecule has 0 aliphatic rings. The van der Waals surface area contributed by atoms with Gasteiger partial charge in [0.1, 0.15) is 0 Å². The first-order valence-electron chi connectivity index (χ1n) is 8.92. The Hall–Kier alpha value is -2.38. The molecule has 0 aliphatic carbocycles. The van der Waals surface area contributed by atoms with Crippen molar-refractivity contribution in [3.8, 4) is 0 Å². The highest BCUT2D eigenvalue weighted by Gasteiger charge is 2.03. The van der Waals surface area contributed by atoms with Crippen molar-refractivity contribution in [2.75, 3.05) is 25.1 Å². The van der Waals surface area contributed by atoms with Crippen LogP contribution < -0.4 is 10.6 Å². The number of amides is 2. The molecule has 0 radical (unpaired) electrons. The van der Waals surface area contributed by atoms with E-state index >= 15 is 0 Å². The van der Waals surface area contributed by atoms with Gasteiger partial charge < -0.3 is 24.7 Å². The van der Waals surface area contributed by atoms with E-state index in [4.69, 9.17) is 9.47 Å². The number of nitrogens with zero attached hydrogens (tertiary/aromatic N) is 2. The highest BCUT2D eigenvalue weighted by molar-refractivity contribution is 5.89. The van der Waals surface area contributed by atoms with Crippen LogP contribution in [-0.2, 0) is 22.6 Å². The molecule has 0 saturated carbocycles. The highest BCUT2D eigenvalue weighted by atomic mass is 16.5. The SMILES string of the molecule is CC(C)OCCOCc1cccc(NC(=O)NCCCn2ccnc2)c1. The van der Waals surface area contributed by atoms with Crippen LogP contribution in [0, 0.1) is 0 Å². The van der Waals surface area contributed by atoms with Crippen LogP contribution in [-0.4, -0.2) is 41.4 Å². The van der Waals surface area contributed by atoms with Gasteiger partial charge in [-0.15, -0.1) is 0 Å². The maximum absolute atomic E-state index is 12.0. The van der Waals surface area contributed by atoms with Crippen molar-refractivity contribution >= 4 is 11.7 Å². The molecule has 7 heteroatoms. The minimum absolute atomic E-state index is 0.209. The number of aromatic nitrogens is 2. The fourth-order valence-electron chi connectivity index (χ4n) is 2.33. The number of carbonyl (C=O) groups excluding carboxylic acids is 1. The van der Waals surface area contributed by atoms with Crippen molar-refractivity contribution in [1.29, 1.82) is 0 Å². The first kappa shape index (κ1) is 19.9. The van der Waals surface area contributed by atoms with Crippen molar-refractivity contribution in [2.24, 2.45) is 0 Å². The average molecular weight is 360 g/mol. The maximum atomic E-state index is 12.0.